The molecule has 4 aliphatic rings. The zero-order valence-electron chi connectivity index (χ0n) is 32.2. The monoisotopic (exact) mass is 724 g/mol. The molecule has 4 heterocycles. The van der Waals surface area contributed by atoms with Crippen LogP contribution in [0.4, 0.5) is 0 Å². The van der Waals surface area contributed by atoms with Gasteiger partial charge in [0.05, 0.1) is 47.8 Å². The van der Waals surface area contributed by atoms with Crippen LogP contribution in [0.25, 0.3) is 0 Å². The smallest absolute Gasteiger partial charge is 0.204 e. The molecule has 0 aromatic heterocycles. The Morgan fingerprint density at radius 2 is 1.40 bits per heavy atom. The van der Waals surface area contributed by atoms with Crippen molar-refractivity contribution >= 4 is 0 Å². The molecule has 0 saturated carbocycles. The van der Waals surface area contributed by atoms with Crippen LogP contribution in [-0.4, -0.2) is 85.2 Å². The third-order valence-electron chi connectivity index (χ3n) is 11.0. The standard InChI is InChI=1S/C43H52N2O8/c1-26(24-46-4)51-25-33-31-16-18-45(3)35-20-28-11-14-36(47-5)38(21-28)52-30-12-9-27(10-13-30)19-34-32-23-39(37(48-6)22-29(32)15-17-44(34)2)53-42(40(31)35)43(50-8)41(33)49-7/h9-14,21-23,26,34-35H,15-20,24-25H2,1-8H3/t26?,34-,35-/m0/s1. The number of likely N-dealkylation sites (N-methyl/N-ethyl adjacent to an activating group) is 2. The van der Waals surface area contributed by atoms with E-state index >= 15 is 0 Å². The van der Waals surface area contributed by atoms with E-state index in [1.807, 2.05) is 25.1 Å². The highest BCUT2D eigenvalue weighted by Gasteiger charge is 2.37. The SMILES string of the molecule is COCC(C)OCc1c2c3c(c(OC)c1OC)Oc1cc4c(cc1OC)CCN(C)[C@H]4Cc1ccc(cc1)Oc1cc(ccc1OC)C[C@@H]3N(C)CC2. The number of nitrogens with zero attached hydrogens (tertiary/aromatic N) is 2. The molecule has 10 heteroatoms. The highest BCUT2D eigenvalue weighted by molar-refractivity contribution is 5.67. The normalized spacial score (nSPS) is 18.9. The summed E-state index contributed by atoms with van der Waals surface area (Å²) >= 11 is 0. The van der Waals surface area contributed by atoms with Crippen LogP contribution in [0.5, 0.6) is 46.0 Å². The molecule has 10 nitrogen and oxygen atoms in total. The van der Waals surface area contributed by atoms with E-state index in [4.69, 9.17) is 37.9 Å². The fourth-order valence-corrected chi connectivity index (χ4v) is 8.17. The molecule has 0 radical (unpaired) electrons. The van der Waals surface area contributed by atoms with Crippen molar-refractivity contribution in [3.63, 3.8) is 0 Å². The Balaban J connectivity index is 1.48. The van der Waals surface area contributed by atoms with Crippen LogP contribution in [0.3, 0.4) is 0 Å². The van der Waals surface area contributed by atoms with E-state index in [1.54, 1.807) is 35.5 Å². The van der Waals surface area contributed by atoms with E-state index in [0.717, 1.165) is 60.4 Å². The van der Waals surface area contributed by atoms with E-state index in [-0.39, 0.29) is 18.2 Å². The number of ether oxygens (including phenoxy) is 8. The average Bonchev–Trinajstić information content (AvgIpc) is 3.16. The van der Waals surface area contributed by atoms with Gasteiger partial charge in [-0.25, -0.2) is 0 Å². The van der Waals surface area contributed by atoms with Gasteiger partial charge in [0.15, 0.2) is 34.5 Å². The number of benzene rings is 4. The number of methoxy groups -OCH3 is 5. The molecule has 4 aromatic carbocycles. The third kappa shape index (κ3) is 7.25. The van der Waals surface area contributed by atoms with Gasteiger partial charge in [-0.3, -0.25) is 9.80 Å². The number of hydrogen-bond acceptors (Lipinski definition) is 10. The first-order chi connectivity index (χ1) is 25.8. The molecular formula is C43H52N2O8. The second kappa shape index (κ2) is 15.9. The summed E-state index contributed by atoms with van der Waals surface area (Å²) in [5.74, 6) is 5.15. The van der Waals surface area contributed by atoms with Crippen molar-refractivity contribution in [2.24, 2.45) is 0 Å². The summed E-state index contributed by atoms with van der Waals surface area (Å²) in [6, 6.07) is 18.9. The van der Waals surface area contributed by atoms with Crippen molar-refractivity contribution in [3.8, 4) is 46.0 Å². The molecule has 0 saturated heterocycles. The Kier molecular flexibility index (Phi) is 11.0. The molecule has 0 amide bonds. The lowest BCUT2D eigenvalue weighted by Crippen LogP contribution is -2.35. The molecule has 0 spiro atoms. The first-order valence-corrected chi connectivity index (χ1v) is 18.4. The zero-order chi connectivity index (χ0) is 37.2. The van der Waals surface area contributed by atoms with Crippen LogP contribution in [-0.2, 0) is 41.8 Å². The lowest BCUT2D eigenvalue weighted by molar-refractivity contribution is -0.00130. The second-order valence-corrected chi connectivity index (χ2v) is 14.3. The van der Waals surface area contributed by atoms with Gasteiger partial charge in [0.2, 0.25) is 5.75 Å². The highest BCUT2D eigenvalue weighted by atomic mass is 16.6. The first kappa shape index (κ1) is 36.9. The molecule has 3 atom stereocenters. The summed E-state index contributed by atoms with van der Waals surface area (Å²) < 4.78 is 49.7. The predicted molar refractivity (Wildman–Crippen MR) is 204 cm³/mol. The van der Waals surface area contributed by atoms with Crippen molar-refractivity contribution in [1.82, 2.24) is 9.80 Å². The van der Waals surface area contributed by atoms with Crippen LogP contribution < -0.4 is 28.4 Å². The van der Waals surface area contributed by atoms with E-state index in [0.29, 0.717) is 59.9 Å². The van der Waals surface area contributed by atoms with Gasteiger partial charge in [-0.1, -0.05) is 18.2 Å². The lowest BCUT2D eigenvalue weighted by atomic mass is 9.84. The van der Waals surface area contributed by atoms with Crippen molar-refractivity contribution in [1.29, 1.82) is 0 Å². The van der Waals surface area contributed by atoms with Gasteiger partial charge in [-0.05, 0) is 111 Å². The largest absolute Gasteiger partial charge is 0.493 e. The molecule has 4 aliphatic heterocycles. The van der Waals surface area contributed by atoms with Crippen LogP contribution in [0, 0.1) is 0 Å². The van der Waals surface area contributed by atoms with Crippen molar-refractivity contribution in [3.05, 3.63) is 93.5 Å². The van der Waals surface area contributed by atoms with Gasteiger partial charge in [-0.2, -0.15) is 0 Å². The average molecular weight is 725 g/mol. The van der Waals surface area contributed by atoms with Crippen molar-refractivity contribution < 1.29 is 37.9 Å². The van der Waals surface area contributed by atoms with Crippen molar-refractivity contribution in [2.75, 3.05) is 69.3 Å². The lowest BCUT2D eigenvalue weighted by Gasteiger charge is -2.38. The molecule has 0 fully saturated rings. The number of hydrogen-bond donors (Lipinski definition) is 0. The summed E-state index contributed by atoms with van der Waals surface area (Å²) in [7, 11) is 12.8. The predicted octanol–water partition coefficient (Wildman–Crippen LogP) is 7.71. The maximum absolute atomic E-state index is 7.19. The maximum Gasteiger partial charge on any atom is 0.204 e. The fourth-order valence-electron chi connectivity index (χ4n) is 8.17. The van der Waals surface area contributed by atoms with Crippen molar-refractivity contribution in [2.45, 2.75) is 57.4 Å². The van der Waals surface area contributed by atoms with Gasteiger partial charge in [0.1, 0.15) is 5.75 Å². The fraction of sp³-hybridized carbons (Fsp3) is 0.442. The molecule has 1 unspecified atom stereocenters. The van der Waals surface area contributed by atoms with Crippen LogP contribution in [0.2, 0.25) is 0 Å². The van der Waals surface area contributed by atoms with Crippen LogP contribution in [0.15, 0.2) is 54.6 Å². The molecule has 4 aromatic rings. The number of fused-ring (bicyclic) bond motifs is 2. The Labute approximate surface area is 313 Å². The van der Waals surface area contributed by atoms with Gasteiger partial charge in [0, 0.05) is 43.4 Å². The molecule has 282 valence electrons. The summed E-state index contributed by atoms with van der Waals surface area (Å²) in [5, 5.41) is 0. The Hall–Kier alpha value is -4.48. The Bertz CT molecular complexity index is 1930. The quantitative estimate of drug-likeness (QED) is 0.171. The molecule has 53 heavy (non-hydrogen) atoms. The Morgan fingerprint density at radius 3 is 2.11 bits per heavy atom. The van der Waals surface area contributed by atoms with Gasteiger partial charge < -0.3 is 37.9 Å². The summed E-state index contributed by atoms with van der Waals surface area (Å²) in [5.41, 5.74) is 7.92. The van der Waals surface area contributed by atoms with Crippen LogP contribution >= 0.6 is 0 Å². The zero-order valence-corrected chi connectivity index (χ0v) is 32.2. The molecule has 0 N–H and O–H groups in total. The topological polar surface area (TPSA) is 80.3 Å². The van der Waals surface area contributed by atoms with Crippen LogP contribution in [0.1, 0.15) is 58.0 Å². The Morgan fingerprint density at radius 1 is 0.717 bits per heavy atom. The minimum absolute atomic E-state index is 0.0920. The molecule has 6 bridgehead atoms. The van der Waals surface area contributed by atoms with E-state index in [2.05, 4.69) is 60.3 Å². The highest BCUT2D eigenvalue weighted by Crippen LogP contribution is 2.54. The van der Waals surface area contributed by atoms with E-state index in [1.165, 1.54) is 16.7 Å². The number of rotatable bonds is 9. The third-order valence-corrected chi connectivity index (χ3v) is 11.0. The van der Waals surface area contributed by atoms with Gasteiger partial charge >= 0.3 is 0 Å². The van der Waals surface area contributed by atoms with E-state index < -0.39 is 0 Å². The summed E-state index contributed by atoms with van der Waals surface area (Å²) in [4.78, 5) is 4.81. The second-order valence-electron chi connectivity index (χ2n) is 14.3. The summed E-state index contributed by atoms with van der Waals surface area (Å²) in [6.45, 7) is 4.59. The van der Waals surface area contributed by atoms with Gasteiger partial charge in [0.25, 0.3) is 0 Å². The van der Waals surface area contributed by atoms with E-state index in [9.17, 15) is 0 Å². The molecule has 0 aliphatic carbocycles. The molecular weight excluding hydrogens is 672 g/mol. The summed E-state index contributed by atoms with van der Waals surface area (Å²) in [6.07, 6.45) is 3.07. The van der Waals surface area contributed by atoms with Gasteiger partial charge in [-0.15, -0.1) is 0 Å². The minimum Gasteiger partial charge on any atom is -0.493 e. The minimum atomic E-state index is -0.115. The maximum atomic E-state index is 7.19. The first-order valence-electron chi connectivity index (χ1n) is 18.4. The molecule has 8 rings (SSSR count).